The molecule has 5 heteroatoms. The predicted molar refractivity (Wildman–Crippen MR) is 92.5 cm³/mol. The van der Waals surface area contributed by atoms with Crippen LogP contribution in [0.5, 0.6) is 5.75 Å². The second-order valence-electron chi connectivity index (χ2n) is 6.42. The number of hydrogen-bond donors (Lipinski definition) is 0. The normalized spacial score (nSPS) is 27.6. The van der Waals surface area contributed by atoms with Gasteiger partial charge in [0.15, 0.2) is 0 Å². The molecule has 2 aromatic carbocycles. The first-order chi connectivity index (χ1) is 12.1. The fourth-order valence-corrected chi connectivity index (χ4v) is 3.60. The highest BCUT2D eigenvalue weighted by Crippen LogP contribution is 2.49. The summed E-state index contributed by atoms with van der Waals surface area (Å²) in [6.45, 7) is 1.47. The van der Waals surface area contributed by atoms with Gasteiger partial charge >= 0.3 is 0 Å². The van der Waals surface area contributed by atoms with E-state index in [0.29, 0.717) is 0 Å². The minimum atomic E-state index is -0.624. The minimum absolute atomic E-state index is 0.0677. The summed E-state index contributed by atoms with van der Waals surface area (Å²) in [6, 6.07) is 16.9. The fourth-order valence-electron chi connectivity index (χ4n) is 3.60. The Morgan fingerprint density at radius 1 is 1.08 bits per heavy atom. The van der Waals surface area contributed by atoms with Crippen molar-refractivity contribution in [3.05, 3.63) is 60.2 Å². The number of hydrogen-bond acceptors (Lipinski definition) is 4. The van der Waals surface area contributed by atoms with Gasteiger partial charge in [-0.1, -0.05) is 30.3 Å². The van der Waals surface area contributed by atoms with Crippen LogP contribution in [0.15, 0.2) is 54.6 Å². The Kier molecular flexibility index (Phi) is 3.81. The molecular formula is C20H19NO4. The summed E-state index contributed by atoms with van der Waals surface area (Å²) in [7, 11) is 1.60. The SMILES string of the molecule is COc1ccc(N2C(=O)[C@H](C(C)=O)[C@@H]2[C@H]2O[C@H]2c2ccccc2)cc1. The van der Waals surface area contributed by atoms with E-state index in [9.17, 15) is 9.59 Å². The van der Waals surface area contributed by atoms with Gasteiger partial charge in [0.25, 0.3) is 0 Å². The van der Waals surface area contributed by atoms with Gasteiger partial charge in [0.2, 0.25) is 5.91 Å². The predicted octanol–water partition coefficient (Wildman–Crippen LogP) is 2.76. The van der Waals surface area contributed by atoms with E-state index in [1.165, 1.54) is 6.92 Å². The van der Waals surface area contributed by atoms with Crippen LogP contribution in [0, 0.1) is 5.92 Å². The maximum atomic E-state index is 12.6. The van der Waals surface area contributed by atoms with Crippen LogP contribution in [-0.2, 0) is 14.3 Å². The topological polar surface area (TPSA) is 59.1 Å². The standard InChI is InChI=1S/C20H19NO4/c1-12(22)16-17(19-18(25-19)13-6-4-3-5-7-13)21(20(16)23)14-8-10-15(24-2)11-9-14/h3-11,16-19H,1-2H3/t16-,17-,18+,19-/m1/s1. The number of Topliss-reactive ketones (excluding diaryl/α,β-unsaturated/α-hetero) is 1. The molecule has 5 nitrogen and oxygen atoms in total. The number of amides is 1. The van der Waals surface area contributed by atoms with E-state index in [2.05, 4.69) is 0 Å². The first-order valence-electron chi connectivity index (χ1n) is 8.30. The molecule has 0 bridgehead atoms. The number of ether oxygens (including phenoxy) is 2. The van der Waals surface area contributed by atoms with Crippen LogP contribution < -0.4 is 9.64 Å². The average molecular weight is 337 g/mol. The molecule has 2 heterocycles. The largest absolute Gasteiger partial charge is 0.497 e. The molecule has 4 rings (SSSR count). The summed E-state index contributed by atoms with van der Waals surface area (Å²) in [4.78, 5) is 26.2. The Labute approximate surface area is 146 Å². The Bertz CT molecular complexity index is 802. The molecule has 4 atom stereocenters. The quantitative estimate of drug-likeness (QED) is 0.478. The van der Waals surface area contributed by atoms with Gasteiger partial charge in [0.05, 0.1) is 13.2 Å². The highest BCUT2D eigenvalue weighted by molar-refractivity contribution is 6.15. The van der Waals surface area contributed by atoms with E-state index in [1.54, 1.807) is 12.0 Å². The number of methoxy groups -OCH3 is 1. The van der Waals surface area contributed by atoms with E-state index in [-0.39, 0.29) is 29.9 Å². The Balaban J connectivity index is 1.60. The fraction of sp³-hybridized carbons (Fsp3) is 0.300. The molecule has 1 amide bonds. The second-order valence-corrected chi connectivity index (χ2v) is 6.42. The highest BCUT2D eigenvalue weighted by Gasteiger charge is 2.61. The molecule has 2 aliphatic rings. The van der Waals surface area contributed by atoms with E-state index in [0.717, 1.165) is 17.0 Å². The van der Waals surface area contributed by atoms with Gasteiger partial charge in [0.1, 0.15) is 29.7 Å². The van der Waals surface area contributed by atoms with Crippen LogP contribution >= 0.6 is 0 Å². The van der Waals surface area contributed by atoms with Crippen molar-refractivity contribution < 1.29 is 19.1 Å². The lowest BCUT2D eigenvalue weighted by Crippen LogP contribution is -2.66. The zero-order chi connectivity index (χ0) is 17.6. The summed E-state index contributed by atoms with van der Waals surface area (Å²) < 4.78 is 11.0. The van der Waals surface area contributed by atoms with Gasteiger partial charge < -0.3 is 14.4 Å². The van der Waals surface area contributed by atoms with Crippen molar-refractivity contribution in [2.24, 2.45) is 5.92 Å². The van der Waals surface area contributed by atoms with Gasteiger partial charge in [-0.05, 0) is 36.8 Å². The number of ketones is 1. The minimum Gasteiger partial charge on any atom is -0.497 e. The third-order valence-electron chi connectivity index (χ3n) is 4.92. The van der Waals surface area contributed by atoms with Gasteiger partial charge in [-0.25, -0.2) is 0 Å². The first kappa shape index (κ1) is 15.8. The van der Waals surface area contributed by atoms with Crippen molar-refractivity contribution in [2.45, 2.75) is 25.2 Å². The molecule has 0 N–H and O–H groups in total. The Morgan fingerprint density at radius 3 is 2.36 bits per heavy atom. The van der Waals surface area contributed by atoms with E-state index in [1.807, 2.05) is 54.6 Å². The zero-order valence-corrected chi connectivity index (χ0v) is 14.1. The average Bonchev–Trinajstić information content (AvgIpc) is 3.40. The van der Waals surface area contributed by atoms with Crippen LogP contribution in [0.1, 0.15) is 18.6 Å². The highest BCUT2D eigenvalue weighted by atomic mass is 16.6. The monoisotopic (exact) mass is 337 g/mol. The van der Waals surface area contributed by atoms with Crippen molar-refractivity contribution in [1.82, 2.24) is 0 Å². The molecule has 2 fully saturated rings. The number of carbonyl (C=O) groups excluding carboxylic acids is 2. The summed E-state index contributed by atoms with van der Waals surface area (Å²) in [6.07, 6.45) is -0.224. The summed E-state index contributed by atoms with van der Waals surface area (Å²) in [5.41, 5.74) is 1.83. The van der Waals surface area contributed by atoms with Gasteiger partial charge in [-0.2, -0.15) is 0 Å². The summed E-state index contributed by atoms with van der Waals surface area (Å²) in [5.74, 6) is -0.172. The van der Waals surface area contributed by atoms with Crippen molar-refractivity contribution in [3.8, 4) is 5.75 Å². The lowest BCUT2D eigenvalue weighted by molar-refractivity contribution is -0.139. The molecule has 0 aliphatic carbocycles. The van der Waals surface area contributed by atoms with Crippen molar-refractivity contribution in [3.63, 3.8) is 0 Å². The number of carbonyl (C=O) groups is 2. The molecule has 128 valence electrons. The van der Waals surface area contributed by atoms with Gasteiger partial charge in [-0.15, -0.1) is 0 Å². The molecular weight excluding hydrogens is 318 g/mol. The molecule has 0 spiro atoms. The van der Waals surface area contributed by atoms with Crippen LogP contribution in [0.4, 0.5) is 5.69 Å². The number of β-lactam (4-membered cyclic amide) rings is 1. The summed E-state index contributed by atoms with van der Waals surface area (Å²) >= 11 is 0. The maximum absolute atomic E-state index is 12.6. The molecule has 0 saturated carbocycles. The maximum Gasteiger partial charge on any atom is 0.240 e. The molecule has 0 unspecified atom stereocenters. The lowest BCUT2D eigenvalue weighted by atomic mass is 9.80. The van der Waals surface area contributed by atoms with Crippen LogP contribution in [-0.4, -0.2) is 30.9 Å². The number of rotatable bonds is 5. The number of benzene rings is 2. The number of anilines is 1. The van der Waals surface area contributed by atoms with Crippen molar-refractivity contribution in [1.29, 1.82) is 0 Å². The van der Waals surface area contributed by atoms with Crippen molar-refractivity contribution in [2.75, 3.05) is 12.0 Å². The lowest BCUT2D eigenvalue weighted by Gasteiger charge is -2.45. The van der Waals surface area contributed by atoms with Crippen molar-refractivity contribution >= 4 is 17.4 Å². The van der Waals surface area contributed by atoms with Crippen LogP contribution in [0.25, 0.3) is 0 Å². The molecule has 2 aliphatic heterocycles. The molecule has 2 aromatic rings. The molecule has 0 radical (unpaired) electrons. The molecule has 2 saturated heterocycles. The Morgan fingerprint density at radius 2 is 1.76 bits per heavy atom. The van der Waals surface area contributed by atoms with Gasteiger partial charge in [0, 0.05) is 5.69 Å². The third kappa shape index (κ3) is 2.61. The van der Waals surface area contributed by atoms with E-state index in [4.69, 9.17) is 9.47 Å². The number of nitrogens with zero attached hydrogens (tertiary/aromatic N) is 1. The zero-order valence-electron chi connectivity index (χ0n) is 14.1. The van der Waals surface area contributed by atoms with E-state index < -0.39 is 5.92 Å². The smallest absolute Gasteiger partial charge is 0.240 e. The summed E-state index contributed by atoms with van der Waals surface area (Å²) in [5, 5.41) is 0. The molecule has 25 heavy (non-hydrogen) atoms. The van der Waals surface area contributed by atoms with Crippen LogP contribution in [0.3, 0.4) is 0 Å². The number of epoxide rings is 1. The molecule has 0 aromatic heterocycles. The second kappa shape index (κ2) is 6.01. The Hall–Kier alpha value is -2.66. The first-order valence-corrected chi connectivity index (χ1v) is 8.30. The van der Waals surface area contributed by atoms with Crippen LogP contribution in [0.2, 0.25) is 0 Å². The third-order valence-corrected chi connectivity index (χ3v) is 4.92. The van der Waals surface area contributed by atoms with E-state index >= 15 is 0 Å². The van der Waals surface area contributed by atoms with Gasteiger partial charge in [-0.3, -0.25) is 9.59 Å².